The van der Waals surface area contributed by atoms with E-state index in [0.29, 0.717) is 29.7 Å². The minimum atomic E-state index is -1.83. The van der Waals surface area contributed by atoms with Crippen LogP contribution in [0.3, 0.4) is 0 Å². The summed E-state index contributed by atoms with van der Waals surface area (Å²) in [6.45, 7) is 9.15. The van der Waals surface area contributed by atoms with Gasteiger partial charge in [0.1, 0.15) is 54.1 Å². The summed E-state index contributed by atoms with van der Waals surface area (Å²) in [6.07, 6.45) is 0.420. The van der Waals surface area contributed by atoms with Crippen LogP contribution in [0.4, 0.5) is 0 Å². The van der Waals surface area contributed by atoms with Crippen molar-refractivity contribution in [2.45, 2.75) is 184 Å². The molecule has 0 aliphatic carbocycles. The Hall–Kier alpha value is -10.5. The topological polar surface area (TPSA) is 522 Å². The van der Waals surface area contributed by atoms with Crippen molar-refractivity contribution in [3.63, 3.8) is 0 Å². The molecule has 11 atom stereocenters. The standard InChI is InChI=1S/C62H85N17O15/c1-7-36(4)51(57(91)73-44(29-39-31-67-34-69-39)58(92)79-26-12-16-46(79)55(89)74-45(59(93)94)28-37-13-9-8-10-14-37)76-54(88)42(27-38-17-19-40(80)20-18-38)72-56(90)50(35(2)3)75-52(86)41(15-11-25-68-60(65)66)71-53(87)43(30-49(84)85)70-47(81)21-23-61(5,32-63)77-78-62(6,33-64)24-22-48(82)83/h8-10,13-14,17-20,31,34-36,41-46,50-51,80H,7,11-12,15-16,21-30H2,1-6H3,(H,67,69)(H,70,81)(H,71,87)(H,72,90)(H,73,91)(H,74,89)(H,75,86)(H,76,88)(H,82,83)(H,84,85)(H,93,94)(H4,65,66,68)/t36-,41-,42-,43-,44-,45-,46-,50-,51-,61?,62?/m0/s1. The van der Waals surface area contributed by atoms with Gasteiger partial charge in [-0.3, -0.25) is 52.9 Å². The third-order valence-electron chi connectivity index (χ3n) is 15.6. The van der Waals surface area contributed by atoms with E-state index in [0.717, 1.165) is 0 Å². The number of benzene rings is 2. The molecule has 3 aromatic rings. The average Bonchev–Trinajstić information content (AvgIpc) is 1.56. The number of nitriles is 2. The minimum Gasteiger partial charge on any atom is -0.508 e. The molecule has 1 aliphatic rings. The molecule has 0 radical (unpaired) electrons. The number of nitrogens with one attached hydrogen (secondary N) is 8. The van der Waals surface area contributed by atoms with Crippen LogP contribution in [0.2, 0.25) is 0 Å². The monoisotopic (exact) mass is 1310 g/mol. The first-order chi connectivity index (χ1) is 44.4. The number of aromatic amines is 1. The second kappa shape index (κ2) is 36.5. The zero-order valence-electron chi connectivity index (χ0n) is 53.3. The molecule has 508 valence electrons. The molecule has 94 heavy (non-hydrogen) atoms. The molecule has 32 nitrogen and oxygen atoms in total. The number of aliphatic carboxylic acids is 3. The van der Waals surface area contributed by atoms with Gasteiger partial charge in [0.2, 0.25) is 47.3 Å². The number of hydrogen-bond acceptors (Lipinski definition) is 18. The number of nitrogens with zero attached hydrogens (tertiary/aromatic N) is 7. The summed E-state index contributed by atoms with van der Waals surface area (Å²) in [5.74, 6) is -13.0. The first-order valence-corrected chi connectivity index (χ1v) is 30.6. The van der Waals surface area contributed by atoms with Crippen molar-refractivity contribution in [3.8, 4) is 17.9 Å². The number of phenolic OH excluding ortho intramolecular Hbond substituents is 1. The number of phenols is 1. The lowest BCUT2D eigenvalue weighted by molar-refractivity contribution is -0.145. The lowest BCUT2D eigenvalue weighted by Crippen LogP contribution is -2.62. The molecular formula is C62H85N17O15. The van der Waals surface area contributed by atoms with Gasteiger partial charge in [0, 0.05) is 57.1 Å². The van der Waals surface area contributed by atoms with Gasteiger partial charge in [-0.2, -0.15) is 20.8 Å². The Bertz CT molecular complexity index is 3280. The van der Waals surface area contributed by atoms with E-state index in [1.807, 2.05) is 12.1 Å². The van der Waals surface area contributed by atoms with Crippen molar-refractivity contribution in [3.05, 3.63) is 83.9 Å². The Morgan fingerprint density at radius 2 is 1.26 bits per heavy atom. The van der Waals surface area contributed by atoms with Gasteiger partial charge in [0.25, 0.3) is 0 Å². The molecule has 32 heteroatoms. The number of carboxylic acid groups (broad SMARTS) is 3. The number of H-pyrrole nitrogens is 1. The van der Waals surface area contributed by atoms with E-state index in [9.17, 15) is 78.6 Å². The highest BCUT2D eigenvalue weighted by atomic mass is 16.4. The maximum absolute atomic E-state index is 14.8. The highest BCUT2D eigenvalue weighted by Gasteiger charge is 2.42. The smallest absolute Gasteiger partial charge is 0.326 e. The Labute approximate surface area is 542 Å². The van der Waals surface area contributed by atoms with Gasteiger partial charge >= 0.3 is 17.9 Å². The number of hydrogen-bond donors (Lipinski definition) is 14. The van der Waals surface area contributed by atoms with Crippen molar-refractivity contribution in [1.82, 2.24) is 52.1 Å². The van der Waals surface area contributed by atoms with Crippen molar-refractivity contribution in [2.24, 2.45) is 38.5 Å². The van der Waals surface area contributed by atoms with Crippen LogP contribution in [-0.2, 0) is 72.0 Å². The second-order valence-electron chi connectivity index (χ2n) is 23.7. The predicted molar refractivity (Wildman–Crippen MR) is 336 cm³/mol. The molecule has 2 unspecified atom stereocenters. The van der Waals surface area contributed by atoms with Crippen molar-refractivity contribution in [1.29, 1.82) is 10.5 Å². The highest BCUT2D eigenvalue weighted by molar-refractivity contribution is 5.99. The molecule has 1 aliphatic heterocycles. The zero-order chi connectivity index (χ0) is 69.9. The number of azo groups is 1. The van der Waals surface area contributed by atoms with Crippen molar-refractivity contribution in [2.75, 3.05) is 13.1 Å². The summed E-state index contributed by atoms with van der Waals surface area (Å²) in [7, 11) is 0. The molecule has 0 saturated carbocycles. The van der Waals surface area contributed by atoms with Crippen LogP contribution in [0, 0.1) is 34.5 Å². The summed E-state index contributed by atoms with van der Waals surface area (Å²) >= 11 is 0. The molecule has 0 spiro atoms. The Kier molecular flexibility index (Phi) is 29.5. The van der Waals surface area contributed by atoms with Gasteiger partial charge in [-0.1, -0.05) is 76.6 Å². The summed E-state index contributed by atoms with van der Waals surface area (Å²) in [5.41, 5.74) is 9.14. The summed E-state index contributed by atoms with van der Waals surface area (Å²) < 4.78 is 0. The number of carbonyl (C=O) groups is 11. The third-order valence-corrected chi connectivity index (χ3v) is 15.6. The molecule has 1 aromatic heterocycles. The Balaban J connectivity index is 1.60. The van der Waals surface area contributed by atoms with Crippen LogP contribution >= 0.6 is 0 Å². The van der Waals surface area contributed by atoms with E-state index in [2.05, 4.69) is 62.4 Å². The number of aliphatic imine (C=N–C) groups is 1. The van der Waals surface area contributed by atoms with E-state index in [1.54, 1.807) is 58.0 Å². The minimum absolute atomic E-state index is 0.0194. The normalized spacial score (nSPS) is 16.6. The fourth-order valence-corrected chi connectivity index (χ4v) is 9.86. The number of amides is 8. The number of carbonyl (C=O) groups excluding carboxylic acids is 8. The van der Waals surface area contributed by atoms with Gasteiger partial charge < -0.3 is 79.0 Å². The van der Waals surface area contributed by atoms with Crippen LogP contribution in [0.5, 0.6) is 5.75 Å². The van der Waals surface area contributed by atoms with Crippen molar-refractivity contribution >= 4 is 71.1 Å². The van der Waals surface area contributed by atoms with Gasteiger partial charge in [-0.05, 0) is 87.5 Å². The Morgan fingerprint density at radius 1 is 0.691 bits per heavy atom. The molecule has 2 aromatic carbocycles. The molecule has 4 rings (SSSR count). The number of aromatic hydroxyl groups is 1. The Morgan fingerprint density at radius 3 is 1.82 bits per heavy atom. The maximum Gasteiger partial charge on any atom is 0.326 e. The lowest BCUT2D eigenvalue weighted by Gasteiger charge is -2.32. The summed E-state index contributed by atoms with van der Waals surface area (Å²) in [5, 5.41) is 84.6. The third kappa shape index (κ3) is 24.6. The first kappa shape index (κ1) is 75.9. The molecular weight excluding hydrogens is 1220 g/mol. The quantitative estimate of drug-likeness (QED) is 0.0161. The number of nitrogens with two attached hydrogens (primary N) is 2. The summed E-state index contributed by atoms with van der Waals surface area (Å²) in [6, 6.07) is 6.43. The van der Waals surface area contributed by atoms with Gasteiger partial charge in [-0.15, -0.1) is 0 Å². The molecule has 1 saturated heterocycles. The van der Waals surface area contributed by atoms with Gasteiger partial charge in [0.05, 0.1) is 24.9 Å². The molecule has 0 bridgehead atoms. The SMILES string of the molecule is CC[C@H](C)[C@H](NC(=O)[C@H](Cc1ccc(O)cc1)NC(=O)[C@@H](NC(=O)[C@H](CCCN=C(N)N)NC(=O)[C@H](CC(=O)O)NC(=O)CCC(C)(C#N)N=NC(C)(C#N)CCC(=O)O)C(C)C)C(=O)N[C@@H](Cc1cnc[nH]1)C(=O)N1CCC[C@H]1C(=O)N[C@@H](Cc1ccccc1)C(=O)O. The predicted octanol–water partition coefficient (Wildman–Crippen LogP) is 0.505. The zero-order valence-corrected chi connectivity index (χ0v) is 53.3. The highest BCUT2D eigenvalue weighted by Crippen LogP contribution is 2.25. The van der Waals surface area contributed by atoms with E-state index >= 15 is 0 Å². The van der Waals surface area contributed by atoms with E-state index < -0.39 is 156 Å². The van der Waals surface area contributed by atoms with Crippen LogP contribution in [0.25, 0.3) is 0 Å². The van der Waals surface area contributed by atoms with Crippen molar-refractivity contribution < 1.29 is 73.2 Å². The fourth-order valence-electron chi connectivity index (χ4n) is 9.86. The number of rotatable bonds is 38. The fraction of sp³-hybridized carbons (Fsp3) is 0.532. The van der Waals surface area contributed by atoms with Crippen LogP contribution in [-0.4, -0.2) is 179 Å². The van der Waals surface area contributed by atoms with E-state index in [4.69, 9.17) is 16.6 Å². The van der Waals surface area contributed by atoms with Crippen LogP contribution in [0.1, 0.15) is 123 Å². The van der Waals surface area contributed by atoms with E-state index in [1.165, 1.54) is 55.5 Å². The van der Waals surface area contributed by atoms with Gasteiger partial charge in [-0.25, -0.2) is 9.78 Å². The lowest BCUT2D eigenvalue weighted by atomic mass is 9.96. The maximum atomic E-state index is 14.8. The molecule has 8 amide bonds. The van der Waals surface area contributed by atoms with Crippen LogP contribution in [0.15, 0.2) is 82.3 Å². The summed E-state index contributed by atoms with van der Waals surface area (Å²) in [4.78, 5) is 162. The first-order valence-electron chi connectivity index (χ1n) is 30.6. The number of guanidine groups is 1. The largest absolute Gasteiger partial charge is 0.508 e. The van der Waals surface area contributed by atoms with E-state index in [-0.39, 0.29) is 76.2 Å². The number of aromatic nitrogens is 2. The number of carboxylic acids is 3. The average molecular weight is 1310 g/mol. The second-order valence-corrected chi connectivity index (χ2v) is 23.7. The molecule has 1 fully saturated rings. The number of imidazole rings is 1. The van der Waals surface area contributed by atoms with Gasteiger partial charge in [0.15, 0.2) is 17.0 Å². The molecule has 2 heterocycles. The van der Waals surface area contributed by atoms with Crippen LogP contribution < -0.4 is 48.7 Å². The number of likely N-dealkylation sites (tertiary alicyclic amines) is 1. The molecule has 16 N–H and O–H groups in total.